The summed E-state index contributed by atoms with van der Waals surface area (Å²) in [6.45, 7) is 3.82. The highest BCUT2D eigenvalue weighted by Gasteiger charge is 2.10. The summed E-state index contributed by atoms with van der Waals surface area (Å²) in [7, 11) is 3.06. The normalized spacial score (nSPS) is 10.5. The van der Waals surface area contributed by atoms with Crippen molar-refractivity contribution in [1.29, 1.82) is 0 Å². The molecular formula is C17H19N5O3S2. The molecule has 10 heteroatoms. The SMILES string of the molecule is COc1cc(NSc2ccc(NSc3c(C)noc3C)cc2)nc(OC)n1. The average molecular weight is 406 g/mol. The number of hydrogen-bond acceptors (Lipinski definition) is 10. The lowest BCUT2D eigenvalue weighted by Gasteiger charge is -2.09. The Kier molecular flexibility index (Phi) is 6.30. The molecule has 0 spiro atoms. The fourth-order valence-corrected chi connectivity index (χ4v) is 3.41. The summed E-state index contributed by atoms with van der Waals surface area (Å²) in [5, 5.41) is 3.94. The topological polar surface area (TPSA) is 94.3 Å². The van der Waals surface area contributed by atoms with Gasteiger partial charge in [0.2, 0.25) is 5.88 Å². The molecule has 0 aliphatic carbocycles. The molecule has 0 saturated carbocycles. The summed E-state index contributed by atoms with van der Waals surface area (Å²) in [6.07, 6.45) is 0. The predicted molar refractivity (Wildman–Crippen MR) is 107 cm³/mol. The van der Waals surface area contributed by atoms with Gasteiger partial charge in [0.25, 0.3) is 0 Å². The van der Waals surface area contributed by atoms with Crippen molar-refractivity contribution < 1.29 is 14.0 Å². The third-order valence-corrected chi connectivity index (χ3v) is 5.38. The molecule has 0 unspecified atom stereocenters. The average Bonchev–Trinajstić information content (AvgIpc) is 3.02. The number of nitrogens with zero attached hydrogens (tertiary/aromatic N) is 3. The van der Waals surface area contributed by atoms with Crippen LogP contribution in [0.3, 0.4) is 0 Å². The smallest absolute Gasteiger partial charge is 0.321 e. The quantitative estimate of drug-likeness (QED) is 0.527. The minimum Gasteiger partial charge on any atom is -0.481 e. The van der Waals surface area contributed by atoms with Crippen molar-refractivity contribution in [3.05, 3.63) is 41.8 Å². The van der Waals surface area contributed by atoms with Gasteiger partial charge in [-0.15, -0.1) is 0 Å². The monoisotopic (exact) mass is 405 g/mol. The van der Waals surface area contributed by atoms with Crippen LogP contribution in [0.2, 0.25) is 0 Å². The van der Waals surface area contributed by atoms with E-state index in [1.165, 1.54) is 31.0 Å². The van der Waals surface area contributed by atoms with Crippen molar-refractivity contribution in [1.82, 2.24) is 15.1 Å². The van der Waals surface area contributed by atoms with E-state index in [0.29, 0.717) is 11.7 Å². The fourth-order valence-electron chi connectivity index (χ4n) is 2.08. The van der Waals surface area contributed by atoms with Crippen molar-refractivity contribution >= 4 is 35.4 Å². The largest absolute Gasteiger partial charge is 0.481 e. The molecule has 0 aliphatic rings. The number of aryl methyl sites for hydroxylation is 2. The van der Waals surface area contributed by atoms with Gasteiger partial charge in [0.05, 0.1) is 24.8 Å². The Bertz CT molecular complexity index is 860. The third kappa shape index (κ3) is 4.98. The van der Waals surface area contributed by atoms with E-state index in [2.05, 4.69) is 24.6 Å². The number of rotatable bonds is 8. The van der Waals surface area contributed by atoms with E-state index < -0.39 is 0 Å². The van der Waals surface area contributed by atoms with Gasteiger partial charge in [-0.05, 0) is 62.0 Å². The Balaban J connectivity index is 1.58. The summed E-state index contributed by atoms with van der Waals surface area (Å²) in [5.74, 6) is 1.83. The molecule has 0 radical (unpaired) electrons. The van der Waals surface area contributed by atoms with Crippen molar-refractivity contribution in [3.8, 4) is 11.9 Å². The molecule has 0 bridgehead atoms. The van der Waals surface area contributed by atoms with Crippen LogP contribution in [0.4, 0.5) is 11.5 Å². The summed E-state index contributed by atoms with van der Waals surface area (Å²) in [5.41, 5.74) is 1.85. The molecule has 27 heavy (non-hydrogen) atoms. The highest BCUT2D eigenvalue weighted by atomic mass is 32.2. The summed E-state index contributed by atoms with van der Waals surface area (Å²) < 4.78 is 21.8. The number of hydrogen-bond donors (Lipinski definition) is 2. The zero-order chi connectivity index (χ0) is 19.2. The number of nitrogens with one attached hydrogen (secondary N) is 2. The maximum atomic E-state index is 5.16. The molecule has 2 aromatic heterocycles. The number of ether oxygens (including phenoxy) is 2. The van der Waals surface area contributed by atoms with Crippen molar-refractivity contribution in [2.75, 3.05) is 23.7 Å². The van der Waals surface area contributed by atoms with E-state index in [9.17, 15) is 0 Å². The van der Waals surface area contributed by atoms with Gasteiger partial charge in [-0.2, -0.15) is 9.97 Å². The van der Waals surface area contributed by atoms with Gasteiger partial charge in [0, 0.05) is 16.6 Å². The molecule has 3 aromatic rings. The van der Waals surface area contributed by atoms with Crippen LogP contribution < -0.4 is 18.9 Å². The molecule has 0 aliphatic heterocycles. The number of anilines is 2. The third-order valence-electron chi connectivity index (χ3n) is 3.44. The van der Waals surface area contributed by atoms with Gasteiger partial charge in [-0.1, -0.05) is 5.16 Å². The van der Waals surface area contributed by atoms with Crippen LogP contribution in [-0.4, -0.2) is 29.3 Å². The maximum absolute atomic E-state index is 5.16. The van der Waals surface area contributed by atoms with Gasteiger partial charge < -0.3 is 23.4 Å². The number of aromatic nitrogens is 3. The first-order valence-electron chi connectivity index (χ1n) is 7.94. The Hall–Kier alpha value is -2.59. The standard InChI is InChI=1S/C17H19N5O3S2/c1-10-16(11(2)25-20-10)27-21-12-5-7-13(8-6-12)26-22-14-9-15(23-3)19-17(18-14)24-4/h5-9,21H,1-4H3,(H,18,19,22). The lowest BCUT2D eigenvalue weighted by Crippen LogP contribution is -1.99. The second kappa shape index (κ2) is 8.87. The second-order valence-corrected chi connectivity index (χ2v) is 7.06. The highest BCUT2D eigenvalue weighted by molar-refractivity contribution is 8.01. The zero-order valence-corrected chi connectivity index (χ0v) is 16.9. The van der Waals surface area contributed by atoms with Crippen LogP contribution in [0.25, 0.3) is 0 Å². The molecule has 2 heterocycles. The lowest BCUT2D eigenvalue weighted by atomic mass is 10.3. The minimum atomic E-state index is 0.244. The van der Waals surface area contributed by atoms with Gasteiger partial charge >= 0.3 is 6.01 Å². The Morgan fingerprint density at radius 3 is 2.37 bits per heavy atom. The van der Waals surface area contributed by atoms with E-state index in [1.807, 2.05) is 38.1 Å². The molecule has 3 rings (SSSR count). The Labute approximate surface area is 165 Å². The fraction of sp³-hybridized carbons (Fsp3) is 0.235. The Morgan fingerprint density at radius 1 is 0.963 bits per heavy atom. The van der Waals surface area contributed by atoms with Crippen LogP contribution in [0.5, 0.6) is 11.9 Å². The van der Waals surface area contributed by atoms with Crippen LogP contribution >= 0.6 is 23.9 Å². The molecule has 1 aromatic carbocycles. The highest BCUT2D eigenvalue weighted by Crippen LogP contribution is 2.29. The molecule has 0 amide bonds. The first-order chi connectivity index (χ1) is 13.1. The molecule has 8 nitrogen and oxygen atoms in total. The summed E-state index contributed by atoms with van der Waals surface area (Å²) in [4.78, 5) is 10.3. The van der Waals surface area contributed by atoms with E-state index in [0.717, 1.165) is 26.9 Å². The maximum Gasteiger partial charge on any atom is 0.321 e. The lowest BCUT2D eigenvalue weighted by molar-refractivity contribution is 0.353. The van der Waals surface area contributed by atoms with E-state index in [4.69, 9.17) is 14.0 Å². The first-order valence-corrected chi connectivity index (χ1v) is 9.58. The van der Waals surface area contributed by atoms with E-state index >= 15 is 0 Å². The number of benzene rings is 1. The Morgan fingerprint density at radius 2 is 1.74 bits per heavy atom. The van der Waals surface area contributed by atoms with Gasteiger partial charge in [-0.25, -0.2) is 0 Å². The molecule has 0 fully saturated rings. The van der Waals surface area contributed by atoms with Crippen molar-refractivity contribution in [3.63, 3.8) is 0 Å². The van der Waals surface area contributed by atoms with Crippen molar-refractivity contribution in [2.45, 2.75) is 23.6 Å². The van der Waals surface area contributed by atoms with Gasteiger partial charge in [-0.3, -0.25) is 0 Å². The van der Waals surface area contributed by atoms with Gasteiger partial charge in [0.1, 0.15) is 11.6 Å². The van der Waals surface area contributed by atoms with Gasteiger partial charge in [0.15, 0.2) is 0 Å². The second-order valence-electron chi connectivity index (χ2n) is 5.37. The first kappa shape index (κ1) is 19.2. The molecule has 142 valence electrons. The molecule has 2 N–H and O–H groups in total. The van der Waals surface area contributed by atoms with Crippen LogP contribution in [0, 0.1) is 13.8 Å². The molecule has 0 atom stereocenters. The van der Waals surface area contributed by atoms with Crippen LogP contribution in [-0.2, 0) is 0 Å². The van der Waals surface area contributed by atoms with E-state index in [-0.39, 0.29) is 6.01 Å². The molecule has 0 saturated heterocycles. The summed E-state index contributed by atoms with van der Waals surface area (Å²) >= 11 is 2.91. The predicted octanol–water partition coefficient (Wildman–Crippen LogP) is 4.34. The van der Waals surface area contributed by atoms with Crippen molar-refractivity contribution in [2.24, 2.45) is 0 Å². The summed E-state index contributed by atoms with van der Waals surface area (Å²) in [6, 6.07) is 9.94. The zero-order valence-electron chi connectivity index (χ0n) is 15.3. The van der Waals surface area contributed by atoms with E-state index in [1.54, 1.807) is 13.2 Å². The van der Waals surface area contributed by atoms with Crippen LogP contribution in [0.1, 0.15) is 11.5 Å². The van der Waals surface area contributed by atoms with Crippen LogP contribution in [0.15, 0.2) is 44.6 Å². The number of methoxy groups -OCH3 is 2. The molecular weight excluding hydrogens is 386 g/mol. The minimum absolute atomic E-state index is 0.244.